The van der Waals surface area contributed by atoms with E-state index in [1.807, 2.05) is 0 Å². The van der Waals surface area contributed by atoms with Crippen LogP contribution in [0.4, 0.5) is 0 Å². The van der Waals surface area contributed by atoms with E-state index in [1.165, 1.54) is 0 Å². The van der Waals surface area contributed by atoms with Crippen molar-refractivity contribution in [2.45, 2.75) is 11.2 Å². The van der Waals surface area contributed by atoms with Crippen molar-refractivity contribution in [2.24, 2.45) is 0 Å². The Kier molecular flexibility index (Phi) is 16.4. The molecule has 0 amide bonds. The lowest BCUT2D eigenvalue weighted by atomic mass is 9.74. The van der Waals surface area contributed by atoms with E-state index in [0.717, 1.165) is 18.2 Å². The summed E-state index contributed by atoms with van der Waals surface area (Å²) < 4.78 is 0. The van der Waals surface area contributed by atoms with Crippen LogP contribution in [0.15, 0.2) is 98.6 Å². The first-order valence-electron chi connectivity index (χ1n) is 9.73. The van der Waals surface area contributed by atoms with Crippen LogP contribution in [0, 0.1) is 0 Å². The molecule has 2 aromatic rings. The number of rotatable bonds is 8. The van der Waals surface area contributed by atoms with Crippen molar-refractivity contribution in [3.63, 3.8) is 0 Å². The quantitative estimate of drug-likeness (QED) is 0.267. The average Bonchev–Trinajstić information content (AvgIpc) is 2.89. The van der Waals surface area contributed by atoms with Crippen molar-refractivity contribution in [1.29, 1.82) is 0 Å². The first kappa shape index (κ1) is 33.1. The zero-order valence-corrected chi connectivity index (χ0v) is 18.9. The van der Waals surface area contributed by atoms with Gasteiger partial charge in [-0.25, -0.2) is 14.4 Å². The Bertz CT molecular complexity index is 849. The Balaban J connectivity index is 0. The molecule has 190 valence electrons. The van der Waals surface area contributed by atoms with Gasteiger partial charge in [0.2, 0.25) is 0 Å². The minimum absolute atomic E-state index is 0.336. The van der Waals surface area contributed by atoms with Gasteiger partial charge >= 0.3 is 17.9 Å². The molecule has 0 spiro atoms. The van der Waals surface area contributed by atoms with Crippen molar-refractivity contribution < 1.29 is 50.1 Å². The monoisotopic (exact) mass is 490 g/mol. The topological polar surface area (TPSA) is 193 Å². The lowest BCUT2D eigenvalue weighted by Crippen LogP contribution is -2.54. The summed E-state index contributed by atoms with van der Waals surface area (Å²) in [6, 6.07) is 16.7. The first-order chi connectivity index (χ1) is 16.4. The second-order valence-corrected chi connectivity index (χ2v) is 6.40. The summed E-state index contributed by atoms with van der Waals surface area (Å²) in [7, 11) is 0. The number of carboxylic acid groups (broad SMARTS) is 3. The Labute approximate surface area is 202 Å². The van der Waals surface area contributed by atoms with Crippen LogP contribution < -0.4 is 0 Å². The zero-order valence-electron chi connectivity index (χ0n) is 18.9. The maximum absolute atomic E-state index is 10.8. The van der Waals surface area contributed by atoms with Crippen LogP contribution in [-0.4, -0.2) is 66.9 Å². The van der Waals surface area contributed by atoms with E-state index < -0.39 is 42.3 Å². The highest BCUT2D eigenvalue weighted by Crippen LogP contribution is 2.40. The molecular formula is C25H30O10. The number of benzene rings is 2. The molecule has 0 unspecified atom stereocenters. The maximum atomic E-state index is 10.8. The van der Waals surface area contributed by atoms with E-state index in [9.17, 15) is 34.8 Å². The second-order valence-electron chi connectivity index (χ2n) is 6.40. The lowest BCUT2D eigenvalue weighted by Gasteiger charge is -2.42. The summed E-state index contributed by atoms with van der Waals surface area (Å²) in [5.41, 5.74) is -3.32. The van der Waals surface area contributed by atoms with E-state index in [-0.39, 0.29) is 0 Å². The minimum Gasteiger partial charge on any atom is -0.478 e. The predicted octanol–water partition coefficient (Wildman–Crippen LogP) is 1.52. The Morgan fingerprint density at radius 1 is 0.600 bits per heavy atom. The van der Waals surface area contributed by atoms with E-state index in [4.69, 9.17) is 15.3 Å². The number of aliphatic hydroxyl groups excluding tert-OH is 2. The molecule has 2 aromatic carbocycles. The molecule has 2 rings (SSSR count). The molecular weight excluding hydrogens is 460 g/mol. The van der Waals surface area contributed by atoms with Crippen LogP contribution in [0.1, 0.15) is 11.1 Å². The van der Waals surface area contributed by atoms with Gasteiger partial charge in [0.1, 0.15) is 11.2 Å². The largest absolute Gasteiger partial charge is 0.478 e. The summed E-state index contributed by atoms with van der Waals surface area (Å²) in [5.74, 6) is -2.94. The molecule has 0 bridgehead atoms. The normalized spacial score (nSPS) is 12.6. The smallest absolute Gasteiger partial charge is 0.327 e. The third kappa shape index (κ3) is 11.6. The van der Waals surface area contributed by atoms with Gasteiger partial charge < -0.3 is 35.7 Å². The van der Waals surface area contributed by atoms with Gasteiger partial charge in [0.25, 0.3) is 0 Å². The molecule has 0 aliphatic rings. The van der Waals surface area contributed by atoms with Crippen LogP contribution in [0.3, 0.4) is 0 Å². The van der Waals surface area contributed by atoms with Crippen molar-refractivity contribution in [2.75, 3.05) is 13.2 Å². The van der Waals surface area contributed by atoms with Gasteiger partial charge in [0, 0.05) is 18.2 Å². The fourth-order valence-electron chi connectivity index (χ4n) is 2.35. The Morgan fingerprint density at radius 3 is 0.943 bits per heavy atom. The molecule has 0 fully saturated rings. The lowest BCUT2D eigenvalue weighted by molar-refractivity contribution is -0.202. The summed E-state index contributed by atoms with van der Waals surface area (Å²) in [6.45, 7) is 7.44. The molecule has 10 heteroatoms. The van der Waals surface area contributed by atoms with Crippen molar-refractivity contribution >= 4 is 17.9 Å². The van der Waals surface area contributed by atoms with Gasteiger partial charge in [0.15, 0.2) is 0 Å². The summed E-state index contributed by atoms with van der Waals surface area (Å²) in [4.78, 5) is 27.8. The molecule has 2 atom stereocenters. The van der Waals surface area contributed by atoms with Crippen LogP contribution in [0.5, 0.6) is 0 Å². The SMILES string of the molecule is C=CC(=O)O.C=CC(=O)O.C=CC(=O)O.OC[C@@](O)(c1ccccc1)[C@](O)(CO)c1ccccc1. The fraction of sp³-hybridized carbons (Fsp3) is 0.160. The van der Waals surface area contributed by atoms with E-state index in [0.29, 0.717) is 11.1 Å². The number of hydrogen-bond acceptors (Lipinski definition) is 7. The first-order valence-corrected chi connectivity index (χ1v) is 9.73. The molecule has 0 aromatic heterocycles. The van der Waals surface area contributed by atoms with Gasteiger partial charge in [-0.1, -0.05) is 80.4 Å². The number of carboxylic acids is 3. The maximum Gasteiger partial charge on any atom is 0.327 e. The summed E-state index contributed by atoms with van der Waals surface area (Å²) in [5, 5.41) is 63.7. The van der Waals surface area contributed by atoms with Crippen molar-refractivity contribution in [3.05, 3.63) is 110 Å². The van der Waals surface area contributed by atoms with E-state index >= 15 is 0 Å². The van der Waals surface area contributed by atoms with Gasteiger partial charge in [-0.3, -0.25) is 0 Å². The van der Waals surface area contributed by atoms with Crippen LogP contribution >= 0.6 is 0 Å². The third-order valence-electron chi connectivity index (χ3n) is 4.17. The molecule has 0 aliphatic heterocycles. The van der Waals surface area contributed by atoms with Gasteiger partial charge in [0.05, 0.1) is 13.2 Å². The molecule has 0 saturated heterocycles. The standard InChI is InChI=1S/C16H18O4.3C3H4O2/c17-11-15(19,13-7-3-1-4-8-13)16(20,12-18)14-9-5-2-6-10-14;3*1-2-3(4)5/h1-10,17-20H,11-12H2;3*2H,1H2,(H,4,5)/t15-,16+;;;. The van der Waals surface area contributed by atoms with Crippen LogP contribution in [0.25, 0.3) is 0 Å². The molecule has 0 radical (unpaired) electrons. The number of carbonyl (C=O) groups is 3. The van der Waals surface area contributed by atoms with E-state index in [2.05, 4.69) is 19.7 Å². The number of aliphatic carboxylic acids is 3. The van der Waals surface area contributed by atoms with Crippen molar-refractivity contribution in [1.82, 2.24) is 0 Å². The highest BCUT2D eigenvalue weighted by atomic mass is 16.4. The second kappa shape index (κ2) is 17.4. The van der Waals surface area contributed by atoms with Crippen LogP contribution in [0.2, 0.25) is 0 Å². The molecule has 0 aliphatic carbocycles. The highest BCUT2D eigenvalue weighted by molar-refractivity contribution is 5.79. The fourth-order valence-corrected chi connectivity index (χ4v) is 2.35. The van der Waals surface area contributed by atoms with Crippen molar-refractivity contribution in [3.8, 4) is 0 Å². The Morgan fingerprint density at radius 2 is 0.800 bits per heavy atom. The summed E-state index contributed by atoms with van der Waals surface area (Å²) in [6.07, 6.45) is 2.50. The molecule has 10 nitrogen and oxygen atoms in total. The minimum atomic E-state index is -2.00. The predicted molar refractivity (Wildman–Crippen MR) is 128 cm³/mol. The summed E-state index contributed by atoms with van der Waals surface area (Å²) >= 11 is 0. The van der Waals surface area contributed by atoms with Crippen LogP contribution in [-0.2, 0) is 25.6 Å². The van der Waals surface area contributed by atoms with Gasteiger partial charge in [-0.2, -0.15) is 0 Å². The van der Waals surface area contributed by atoms with E-state index in [1.54, 1.807) is 60.7 Å². The number of aliphatic hydroxyl groups is 4. The molecule has 35 heavy (non-hydrogen) atoms. The number of hydrogen-bond donors (Lipinski definition) is 7. The van der Waals surface area contributed by atoms with Gasteiger partial charge in [-0.15, -0.1) is 0 Å². The molecule has 0 heterocycles. The average molecular weight is 491 g/mol. The third-order valence-corrected chi connectivity index (χ3v) is 4.17. The molecule has 7 N–H and O–H groups in total. The van der Waals surface area contributed by atoms with Gasteiger partial charge in [-0.05, 0) is 11.1 Å². The Hall–Kier alpha value is -4.09. The highest BCUT2D eigenvalue weighted by Gasteiger charge is 2.51. The molecule has 0 saturated carbocycles. The zero-order chi connectivity index (χ0) is 27.5.